The monoisotopic (exact) mass is 251 g/mol. The molecule has 1 aromatic carbocycles. The quantitative estimate of drug-likeness (QED) is 0.718. The molecule has 4 heteroatoms. The van der Waals surface area contributed by atoms with E-state index in [4.69, 9.17) is 16.3 Å². The second-order valence-corrected chi connectivity index (χ2v) is 5.45. The van der Waals surface area contributed by atoms with Gasteiger partial charge in [-0.1, -0.05) is 12.1 Å². The van der Waals surface area contributed by atoms with Gasteiger partial charge in [0.15, 0.2) is 0 Å². The third-order valence-corrected chi connectivity index (χ3v) is 3.53. The Morgan fingerprint density at radius 3 is 2.82 bits per heavy atom. The van der Waals surface area contributed by atoms with Gasteiger partial charge in [-0.05, 0) is 31.9 Å². The molecule has 0 aromatic heterocycles. The number of fused-ring (bicyclic) bond motifs is 1. The summed E-state index contributed by atoms with van der Waals surface area (Å²) in [5.74, 6) is 0.746. The Balaban J connectivity index is 2.01. The van der Waals surface area contributed by atoms with Crippen LogP contribution in [0.3, 0.4) is 0 Å². The zero-order chi connectivity index (χ0) is 12.0. The topological polar surface area (TPSA) is 29.5 Å². The molecule has 0 radical (unpaired) electrons. The lowest BCUT2D eigenvalue weighted by atomic mass is 10.1. The Bertz CT molecular complexity index is 468. The minimum absolute atomic E-state index is 0.0475. The molecule has 1 unspecified atom stereocenters. The molecule has 1 atom stereocenters. The van der Waals surface area contributed by atoms with Gasteiger partial charge in [-0.25, -0.2) is 0 Å². The van der Waals surface area contributed by atoms with Crippen LogP contribution in [0, 0.1) is 0 Å². The Morgan fingerprint density at radius 2 is 2.18 bits per heavy atom. The van der Waals surface area contributed by atoms with Crippen LogP contribution in [0.5, 0.6) is 5.75 Å². The van der Waals surface area contributed by atoms with Crippen molar-refractivity contribution in [2.75, 3.05) is 11.4 Å². The van der Waals surface area contributed by atoms with Gasteiger partial charge in [0.2, 0.25) is 5.91 Å². The second-order valence-electron chi connectivity index (χ2n) is 4.79. The van der Waals surface area contributed by atoms with Gasteiger partial charge >= 0.3 is 0 Å². The standard InChI is InChI=1S/C13H14ClNO2/c1-9(14)12(16)15-8-13(6-7-13)17-11-5-3-2-4-10(11)15/h2-5,9H,6-8H2,1H3. The van der Waals surface area contributed by atoms with E-state index in [0.29, 0.717) is 6.54 Å². The fraction of sp³-hybridized carbons (Fsp3) is 0.462. The van der Waals surface area contributed by atoms with Gasteiger partial charge in [-0.2, -0.15) is 0 Å². The first-order chi connectivity index (χ1) is 8.11. The highest BCUT2D eigenvalue weighted by Crippen LogP contribution is 2.48. The van der Waals surface area contributed by atoms with Crippen LogP contribution in [0.4, 0.5) is 5.69 Å². The highest BCUT2D eigenvalue weighted by molar-refractivity contribution is 6.32. The molecule has 1 spiro atoms. The molecule has 1 aliphatic carbocycles. The van der Waals surface area contributed by atoms with Crippen molar-refractivity contribution in [1.82, 2.24) is 0 Å². The molecule has 1 amide bonds. The maximum absolute atomic E-state index is 12.1. The number of hydrogen-bond acceptors (Lipinski definition) is 2. The van der Waals surface area contributed by atoms with E-state index in [9.17, 15) is 4.79 Å². The maximum Gasteiger partial charge on any atom is 0.244 e. The van der Waals surface area contributed by atoms with E-state index in [1.807, 2.05) is 24.3 Å². The minimum atomic E-state index is -0.503. The number of carbonyl (C=O) groups excluding carboxylic acids is 1. The first kappa shape index (κ1) is 10.9. The average molecular weight is 252 g/mol. The van der Waals surface area contributed by atoms with E-state index in [-0.39, 0.29) is 11.5 Å². The SMILES string of the molecule is CC(Cl)C(=O)N1CC2(CC2)Oc2ccccc21. The highest BCUT2D eigenvalue weighted by atomic mass is 35.5. The van der Waals surface area contributed by atoms with Gasteiger partial charge < -0.3 is 9.64 Å². The Hall–Kier alpha value is -1.22. The van der Waals surface area contributed by atoms with E-state index in [1.165, 1.54) is 0 Å². The third kappa shape index (κ3) is 1.78. The van der Waals surface area contributed by atoms with E-state index >= 15 is 0 Å². The van der Waals surface area contributed by atoms with Crippen molar-refractivity contribution in [3.8, 4) is 5.75 Å². The van der Waals surface area contributed by atoms with Crippen molar-refractivity contribution in [3.05, 3.63) is 24.3 Å². The largest absolute Gasteiger partial charge is 0.483 e. The predicted octanol–water partition coefficient (Wildman–Crippen LogP) is 2.57. The third-order valence-electron chi connectivity index (χ3n) is 3.34. The number of halogens is 1. The first-order valence-electron chi connectivity index (χ1n) is 5.85. The maximum atomic E-state index is 12.1. The number of benzene rings is 1. The van der Waals surface area contributed by atoms with Gasteiger partial charge in [0.05, 0.1) is 12.2 Å². The van der Waals surface area contributed by atoms with Crippen LogP contribution in [0.1, 0.15) is 19.8 Å². The number of hydrogen-bond donors (Lipinski definition) is 0. The molecule has 2 aliphatic rings. The van der Waals surface area contributed by atoms with Crippen molar-refractivity contribution in [2.24, 2.45) is 0 Å². The molecule has 3 nitrogen and oxygen atoms in total. The predicted molar refractivity (Wildman–Crippen MR) is 66.7 cm³/mol. The van der Waals surface area contributed by atoms with Crippen molar-refractivity contribution in [3.63, 3.8) is 0 Å². The van der Waals surface area contributed by atoms with Gasteiger partial charge in [0, 0.05) is 0 Å². The molecule has 90 valence electrons. The lowest BCUT2D eigenvalue weighted by Gasteiger charge is -2.35. The number of para-hydroxylation sites is 2. The molecule has 1 saturated carbocycles. The molecule has 1 fully saturated rings. The summed E-state index contributed by atoms with van der Waals surface area (Å²) in [6.45, 7) is 2.33. The summed E-state index contributed by atoms with van der Waals surface area (Å²) in [5.41, 5.74) is 0.693. The number of carbonyl (C=O) groups is 1. The summed E-state index contributed by atoms with van der Waals surface area (Å²) in [6.07, 6.45) is 2.03. The molecular formula is C13H14ClNO2. The normalized spacial score (nSPS) is 21.6. The summed E-state index contributed by atoms with van der Waals surface area (Å²) in [4.78, 5) is 13.9. The molecule has 0 N–H and O–H groups in total. The zero-order valence-electron chi connectivity index (χ0n) is 9.65. The lowest BCUT2D eigenvalue weighted by Crippen LogP contribution is -2.47. The Morgan fingerprint density at radius 1 is 1.47 bits per heavy atom. The number of alkyl halides is 1. The molecule has 1 aromatic rings. The molecule has 1 heterocycles. The molecule has 0 saturated heterocycles. The summed E-state index contributed by atoms with van der Waals surface area (Å²) < 4.78 is 5.95. The first-order valence-corrected chi connectivity index (χ1v) is 6.28. The number of nitrogens with zero attached hydrogens (tertiary/aromatic N) is 1. The minimum Gasteiger partial charge on any atom is -0.483 e. The summed E-state index contributed by atoms with van der Waals surface area (Å²) in [5, 5.41) is -0.503. The van der Waals surface area contributed by atoms with Crippen molar-refractivity contribution < 1.29 is 9.53 Å². The summed E-state index contributed by atoms with van der Waals surface area (Å²) in [6, 6.07) is 7.65. The fourth-order valence-electron chi connectivity index (χ4n) is 2.22. The Kier molecular flexibility index (Phi) is 2.33. The van der Waals surface area contributed by atoms with Gasteiger partial charge in [0.25, 0.3) is 0 Å². The van der Waals surface area contributed by atoms with Crippen LogP contribution in [0.25, 0.3) is 0 Å². The number of anilines is 1. The van der Waals surface area contributed by atoms with Crippen molar-refractivity contribution in [2.45, 2.75) is 30.7 Å². The van der Waals surface area contributed by atoms with E-state index in [0.717, 1.165) is 24.3 Å². The van der Waals surface area contributed by atoms with Gasteiger partial charge in [-0.15, -0.1) is 11.6 Å². The fourth-order valence-corrected chi connectivity index (χ4v) is 2.33. The lowest BCUT2D eigenvalue weighted by molar-refractivity contribution is -0.118. The molecule has 0 bridgehead atoms. The summed E-state index contributed by atoms with van der Waals surface area (Å²) >= 11 is 5.91. The van der Waals surface area contributed by atoms with E-state index < -0.39 is 5.38 Å². The molecule has 17 heavy (non-hydrogen) atoms. The van der Waals surface area contributed by atoms with Crippen LogP contribution < -0.4 is 9.64 Å². The van der Waals surface area contributed by atoms with Crippen molar-refractivity contribution in [1.29, 1.82) is 0 Å². The van der Waals surface area contributed by atoms with Crippen LogP contribution in [-0.2, 0) is 4.79 Å². The second kappa shape index (κ2) is 3.64. The molecular weight excluding hydrogens is 238 g/mol. The van der Waals surface area contributed by atoms with Crippen LogP contribution in [0.2, 0.25) is 0 Å². The van der Waals surface area contributed by atoms with E-state index in [2.05, 4.69) is 0 Å². The Labute approximate surface area is 105 Å². The number of amides is 1. The van der Waals surface area contributed by atoms with Crippen LogP contribution >= 0.6 is 11.6 Å². The highest BCUT2D eigenvalue weighted by Gasteiger charge is 2.51. The summed E-state index contributed by atoms with van der Waals surface area (Å²) in [7, 11) is 0. The molecule has 1 aliphatic heterocycles. The van der Waals surface area contributed by atoms with E-state index in [1.54, 1.807) is 11.8 Å². The van der Waals surface area contributed by atoms with Crippen molar-refractivity contribution >= 4 is 23.2 Å². The van der Waals surface area contributed by atoms with Crippen LogP contribution in [0.15, 0.2) is 24.3 Å². The number of rotatable bonds is 1. The van der Waals surface area contributed by atoms with Gasteiger partial charge in [0.1, 0.15) is 16.7 Å². The van der Waals surface area contributed by atoms with Crippen LogP contribution in [-0.4, -0.2) is 23.4 Å². The van der Waals surface area contributed by atoms with Gasteiger partial charge in [-0.3, -0.25) is 4.79 Å². The molecule has 3 rings (SSSR count). The average Bonchev–Trinajstić information content (AvgIpc) is 3.06. The number of ether oxygens (including phenoxy) is 1. The smallest absolute Gasteiger partial charge is 0.244 e. The zero-order valence-corrected chi connectivity index (χ0v) is 10.4.